The summed E-state index contributed by atoms with van der Waals surface area (Å²) in [5.74, 6) is 0.0687. The van der Waals surface area contributed by atoms with Gasteiger partial charge < -0.3 is 14.7 Å². The lowest BCUT2D eigenvalue weighted by Gasteiger charge is -2.48. The van der Waals surface area contributed by atoms with Gasteiger partial charge in [0.15, 0.2) is 0 Å². The maximum atomic E-state index is 15.5. The van der Waals surface area contributed by atoms with Crippen molar-refractivity contribution in [3.63, 3.8) is 0 Å². The molecule has 5 rings (SSSR count). The molecule has 1 fully saturated rings. The Morgan fingerprint density at radius 1 is 1.31 bits per heavy atom. The number of nitrogens with two attached hydrogens (primary N) is 1. The zero-order chi connectivity index (χ0) is 30.2. The Morgan fingerprint density at radius 3 is 2.79 bits per heavy atom. The average molecular weight is 732 g/mol. The van der Waals surface area contributed by atoms with Crippen molar-refractivity contribution in [3.8, 4) is 5.75 Å². The SMILES string of the molecule is C[C@H]([C@@H](C)C/C=C(\F)[C@H](CO)N1CC[C@H]1CN1C[C@@]2(CCCc3cc(Cl)ccc32)COc2ccc(I)cc21)S(N)(=O)=O. The van der Waals surface area contributed by atoms with E-state index in [0.717, 1.165) is 52.3 Å². The van der Waals surface area contributed by atoms with Gasteiger partial charge >= 0.3 is 0 Å². The van der Waals surface area contributed by atoms with E-state index in [1.54, 1.807) is 6.92 Å². The van der Waals surface area contributed by atoms with Gasteiger partial charge in [-0.25, -0.2) is 17.9 Å². The first kappa shape index (κ1) is 32.0. The van der Waals surface area contributed by atoms with Crippen molar-refractivity contribution in [2.24, 2.45) is 11.1 Å². The first-order valence-corrected chi connectivity index (χ1v) is 17.7. The monoisotopic (exact) mass is 731 g/mol. The third kappa shape index (κ3) is 6.63. The molecule has 2 aromatic carbocycles. The van der Waals surface area contributed by atoms with E-state index in [9.17, 15) is 13.5 Å². The van der Waals surface area contributed by atoms with Crippen LogP contribution in [0.1, 0.15) is 50.7 Å². The summed E-state index contributed by atoms with van der Waals surface area (Å²) in [6, 6.07) is 11.7. The van der Waals surface area contributed by atoms with E-state index in [4.69, 9.17) is 21.5 Å². The highest BCUT2D eigenvalue weighted by Gasteiger charge is 2.44. The van der Waals surface area contributed by atoms with Gasteiger partial charge in [0, 0.05) is 39.7 Å². The summed E-state index contributed by atoms with van der Waals surface area (Å²) in [7, 11) is -3.71. The molecule has 5 atom stereocenters. The molecule has 2 aromatic rings. The topological polar surface area (TPSA) is 96.1 Å². The van der Waals surface area contributed by atoms with Crippen molar-refractivity contribution in [2.75, 3.05) is 37.7 Å². The van der Waals surface area contributed by atoms with Gasteiger partial charge in [-0.1, -0.05) is 30.7 Å². The van der Waals surface area contributed by atoms with Gasteiger partial charge in [0.2, 0.25) is 10.0 Å². The minimum absolute atomic E-state index is 0.0382. The number of aliphatic hydroxyl groups excluding tert-OH is 1. The summed E-state index contributed by atoms with van der Waals surface area (Å²) in [5, 5.41) is 15.5. The van der Waals surface area contributed by atoms with Crippen LogP contribution in [0.5, 0.6) is 5.75 Å². The fourth-order valence-electron chi connectivity index (χ4n) is 6.71. The summed E-state index contributed by atoms with van der Waals surface area (Å²) in [6.07, 6.45) is 5.58. The van der Waals surface area contributed by atoms with Gasteiger partial charge in [-0.3, -0.25) is 4.90 Å². The number of halogens is 3. The van der Waals surface area contributed by atoms with Crippen molar-refractivity contribution in [1.82, 2.24) is 4.90 Å². The van der Waals surface area contributed by atoms with E-state index < -0.39 is 27.1 Å². The van der Waals surface area contributed by atoms with E-state index in [1.165, 1.54) is 24.1 Å². The molecular formula is C31H40ClFIN3O4S. The van der Waals surface area contributed by atoms with Crippen LogP contribution in [-0.2, 0) is 21.9 Å². The Labute approximate surface area is 267 Å². The summed E-state index contributed by atoms with van der Waals surface area (Å²) in [4.78, 5) is 4.43. The average Bonchev–Trinajstić information content (AvgIpc) is 3.08. The Kier molecular flexibility index (Phi) is 9.81. The van der Waals surface area contributed by atoms with E-state index in [0.29, 0.717) is 19.7 Å². The molecular weight excluding hydrogens is 692 g/mol. The van der Waals surface area contributed by atoms with Crippen LogP contribution in [0.4, 0.5) is 10.1 Å². The molecule has 2 heterocycles. The highest BCUT2D eigenvalue weighted by molar-refractivity contribution is 14.1. The summed E-state index contributed by atoms with van der Waals surface area (Å²) in [5.41, 5.74) is 3.41. The molecule has 7 nitrogen and oxygen atoms in total. The Bertz CT molecular complexity index is 1440. The summed E-state index contributed by atoms with van der Waals surface area (Å²) < 4.78 is 46.6. The van der Waals surface area contributed by atoms with E-state index in [2.05, 4.69) is 51.8 Å². The predicted octanol–water partition coefficient (Wildman–Crippen LogP) is 5.41. The minimum atomic E-state index is -3.71. The number of nitrogens with zero attached hydrogens (tertiary/aromatic N) is 2. The van der Waals surface area contributed by atoms with Crippen LogP contribution in [0.25, 0.3) is 0 Å². The second-order valence-corrected chi connectivity index (χ2v) is 15.8. The van der Waals surface area contributed by atoms with Crippen LogP contribution in [0.2, 0.25) is 5.02 Å². The number of sulfonamides is 1. The van der Waals surface area contributed by atoms with Crippen molar-refractivity contribution in [1.29, 1.82) is 0 Å². The molecule has 3 N–H and O–H groups in total. The van der Waals surface area contributed by atoms with Gasteiger partial charge in [-0.2, -0.15) is 0 Å². The van der Waals surface area contributed by atoms with Crippen molar-refractivity contribution < 1.29 is 22.7 Å². The number of benzene rings is 2. The maximum Gasteiger partial charge on any atom is 0.211 e. The zero-order valence-corrected chi connectivity index (χ0v) is 27.8. The van der Waals surface area contributed by atoms with Gasteiger partial charge in [0.25, 0.3) is 0 Å². The first-order valence-electron chi connectivity index (χ1n) is 14.6. The second-order valence-electron chi connectivity index (χ2n) is 12.2. The molecule has 0 amide bonds. The van der Waals surface area contributed by atoms with Crippen LogP contribution in [0, 0.1) is 9.49 Å². The van der Waals surface area contributed by atoms with Gasteiger partial charge in [-0.15, -0.1) is 0 Å². The van der Waals surface area contributed by atoms with Crippen LogP contribution in [0.3, 0.4) is 0 Å². The summed E-state index contributed by atoms with van der Waals surface area (Å²) in [6.45, 7) is 5.62. The zero-order valence-electron chi connectivity index (χ0n) is 24.1. The molecule has 2 aliphatic heterocycles. The van der Waals surface area contributed by atoms with Crippen molar-refractivity contribution >= 4 is 49.9 Å². The second kappa shape index (κ2) is 12.9. The number of anilines is 1. The van der Waals surface area contributed by atoms with Gasteiger partial charge in [0.1, 0.15) is 11.6 Å². The van der Waals surface area contributed by atoms with Crippen LogP contribution >= 0.6 is 34.2 Å². The molecule has 1 spiro atoms. The van der Waals surface area contributed by atoms with E-state index >= 15 is 4.39 Å². The first-order chi connectivity index (χ1) is 19.9. The van der Waals surface area contributed by atoms with E-state index in [-0.39, 0.29) is 30.4 Å². The molecule has 42 heavy (non-hydrogen) atoms. The molecule has 0 radical (unpaired) electrons. The fraction of sp³-hybridized carbons (Fsp3) is 0.548. The highest BCUT2D eigenvalue weighted by atomic mass is 127. The number of likely N-dealkylation sites (tertiary alicyclic amines) is 1. The number of ether oxygens (including phenoxy) is 1. The molecule has 1 aliphatic carbocycles. The number of hydrogen-bond donors (Lipinski definition) is 2. The van der Waals surface area contributed by atoms with Crippen LogP contribution in [-0.4, -0.2) is 68.6 Å². The third-order valence-electron chi connectivity index (χ3n) is 9.52. The third-order valence-corrected chi connectivity index (χ3v) is 11.9. The number of aryl methyl sites for hydroxylation is 1. The quantitative estimate of drug-likeness (QED) is 0.335. The normalized spacial score (nSPS) is 25.1. The number of allylic oxidation sites excluding steroid dienone is 1. The van der Waals surface area contributed by atoms with Crippen molar-refractivity contribution in [3.05, 3.63) is 68.0 Å². The molecule has 0 saturated carbocycles. The Balaban J connectivity index is 1.39. The molecule has 0 bridgehead atoms. The van der Waals surface area contributed by atoms with Gasteiger partial charge in [0.05, 0.1) is 30.2 Å². The highest BCUT2D eigenvalue weighted by Crippen LogP contribution is 2.45. The number of aliphatic hydroxyl groups is 1. The smallest absolute Gasteiger partial charge is 0.211 e. The lowest BCUT2D eigenvalue weighted by Crippen LogP contribution is -2.60. The van der Waals surface area contributed by atoms with Crippen LogP contribution < -0.4 is 14.8 Å². The largest absolute Gasteiger partial charge is 0.490 e. The van der Waals surface area contributed by atoms with Crippen molar-refractivity contribution in [2.45, 2.75) is 68.7 Å². The van der Waals surface area contributed by atoms with Crippen LogP contribution in [0.15, 0.2) is 48.3 Å². The summed E-state index contributed by atoms with van der Waals surface area (Å²) >= 11 is 8.70. The maximum absolute atomic E-state index is 15.5. The molecule has 0 aromatic heterocycles. The predicted molar refractivity (Wildman–Crippen MR) is 174 cm³/mol. The Hall–Kier alpha value is -1.44. The van der Waals surface area contributed by atoms with E-state index in [1.807, 2.05) is 17.0 Å². The fourth-order valence-corrected chi connectivity index (χ4v) is 8.14. The Morgan fingerprint density at radius 2 is 2.10 bits per heavy atom. The standard InChI is InChI=1S/C31H40ClFIN3O4S/c1-20(21(2)42(35,39)40)5-9-27(33)29(17-38)37-13-11-25(37)16-36-18-31(19-41-30-10-7-24(34)15-28(30)36)12-3-4-22-14-23(32)6-8-26(22)31/h6-10,14-15,20-21,25,29,38H,3-5,11-13,16-19H2,1-2H3,(H2,35,39,40)/b27-9-/t20-,21+,25-,29-,31-/m0/s1. The number of primary sulfonamides is 1. The number of fused-ring (bicyclic) bond motifs is 3. The molecule has 1 saturated heterocycles. The molecule has 0 unspecified atom stereocenters. The molecule has 230 valence electrons. The van der Waals surface area contributed by atoms with Gasteiger partial charge in [-0.05, 0) is 109 Å². The number of hydrogen-bond acceptors (Lipinski definition) is 6. The number of rotatable bonds is 9. The minimum Gasteiger partial charge on any atom is -0.490 e. The molecule has 3 aliphatic rings. The lowest BCUT2D eigenvalue weighted by molar-refractivity contribution is 0.0232. The molecule has 11 heteroatoms. The lowest BCUT2D eigenvalue weighted by atomic mass is 9.70.